The van der Waals surface area contributed by atoms with Gasteiger partial charge in [0.25, 0.3) is 0 Å². The predicted molar refractivity (Wildman–Crippen MR) is 60.5 cm³/mol. The maximum Gasteiger partial charge on any atom is 0.336 e. The Labute approximate surface area is 95.0 Å². The minimum absolute atomic E-state index is 0.0668. The number of hydrazine groups is 1. The highest BCUT2D eigenvalue weighted by molar-refractivity contribution is 7.81. The number of piperidine rings is 1. The van der Waals surface area contributed by atoms with Crippen molar-refractivity contribution in [1.82, 2.24) is 15.8 Å². The summed E-state index contributed by atoms with van der Waals surface area (Å²) in [6.07, 6.45) is 2.04. The van der Waals surface area contributed by atoms with E-state index in [0.29, 0.717) is 5.92 Å². The van der Waals surface area contributed by atoms with Crippen LogP contribution in [0.5, 0.6) is 0 Å². The Kier molecular flexibility index (Phi) is 4.74. The average molecular weight is 231 g/mol. The fourth-order valence-electron chi connectivity index (χ4n) is 1.45. The Bertz CT molecular complexity index is 240. The largest absolute Gasteiger partial charge is 0.336 e. The van der Waals surface area contributed by atoms with E-state index in [1.807, 2.05) is 0 Å². The molecule has 1 heterocycles. The molecule has 0 saturated carbocycles. The molecule has 5 nitrogen and oxygen atoms in total. The van der Waals surface area contributed by atoms with Crippen LogP contribution in [0.3, 0.4) is 0 Å². The highest BCUT2D eigenvalue weighted by Gasteiger charge is 2.20. The number of carbonyl (C=O) groups excluding carboxylic acids is 2. The van der Waals surface area contributed by atoms with Crippen molar-refractivity contribution in [2.24, 2.45) is 5.92 Å². The van der Waals surface area contributed by atoms with Gasteiger partial charge in [-0.15, -0.1) is 0 Å². The third kappa shape index (κ3) is 3.99. The second-order valence-electron chi connectivity index (χ2n) is 3.81. The number of carbonyl (C=O) groups is 2. The van der Waals surface area contributed by atoms with Gasteiger partial charge in [0.2, 0.25) is 5.91 Å². The van der Waals surface area contributed by atoms with Crippen LogP contribution in [0.25, 0.3) is 0 Å². The molecule has 6 heteroatoms. The van der Waals surface area contributed by atoms with Crippen LogP contribution in [0, 0.1) is 5.92 Å². The van der Waals surface area contributed by atoms with Crippen molar-refractivity contribution in [3.63, 3.8) is 0 Å². The molecule has 0 bridgehead atoms. The zero-order chi connectivity index (χ0) is 11.3. The highest BCUT2D eigenvalue weighted by Crippen LogP contribution is 2.15. The molecule has 3 amide bonds. The van der Waals surface area contributed by atoms with Gasteiger partial charge in [-0.05, 0) is 18.8 Å². The summed E-state index contributed by atoms with van der Waals surface area (Å²) in [6, 6.07) is -0.239. The van der Waals surface area contributed by atoms with E-state index < -0.39 is 0 Å². The van der Waals surface area contributed by atoms with E-state index in [-0.39, 0.29) is 17.7 Å². The smallest absolute Gasteiger partial charge is 0.323 e. The van der Waals surface area contributed by atoms with E-state index in [2.05, 4.69) is 30.4 Å². The first-order chi connectivity index (χ1) is 7.13. The summed E-state index contributed by atoms with van der Waals surface area (Å²) in [5.74, 6) is 0.440. The molecule has 1 aliphatic heterocycles. The van der Waals surface area contributed by atoms with Gasteiger partial charge >= 0.3 is 6.03 Å². The lowest BCUT2D eigenvalue weighted by Crippen LogP contribution is -2.51. The van der Waals surface area contributed by atoms with Crippen LogP contribution in [-0.2, 0) is 4.79 Å². The number of nitrogens with one attached hydrogen (secondary N) is 2. The lowest BCUT2D eigenvalue weighted by Gasteiger charge is -2.30. The summed E-state index contributed by atoms with van der Waals surface area (Å²) in [5, 5.41) is 0. The molecule has 1 saturated heterocycles. The Hall–Kier alpha value is -0.910. The molecule has 0 spiro atoms. The van der Waals surface area contributed by atoms with E-state index in [9.17, 15) is 9.59 Å². The SMILES string of the molecule is CC1CCN(C(=O)NNC(=O)CS)CC1. The van der Waals surface area contributed by atoms with Crippen molar-refractivity contribution in [2.75, 3.05) is 18.8 Å². The third-order valence-electron chi connectivity index (χ3n) is 2.52. The third-order valence-corrected chi connectivity index (χ3v) is 2.81. The molecule has 15 heavy (non-hydrogen) atoms. The molecule has 86 valence electrons. The highest BCUT2D eigenvalue weighted by atomic mass is 32.1. The van der Waals surface area contributed by atoms with Crippen molar-refractivity contribution in [3.8, 4) is 0 Å². The first-order valence-corrected chi connectivity index (χ1v) is 5.71. The molecule has 1 rings (SSSR count). The number of urea groups is 1. The predicted octanol–water partition coefficient (Wildman–Crippen LogP) is 0.389. The molecule has 0 aromatic carbocycles. The number of amides is 3. The summed E-state index contributed by atoms with van der Waals surface area (Å²) in [4.78, 5) is 24.0. The fourth-order valence-corrected chi connectivity index (χ4v) is 1.53. The Morgan fingerprint density at radius 3 is 2.47 bits per heavy atom. The summed E-state index contributed by atoms with van der Waals surface area (Å²) in [5.41, 5.74) is 4.64. The van der Waals surface area contributed by atoms with E-state index in [4.69, 9.17) is 0 Å². The topological polar surface area (TPSA) is 61.4 Å². The van der Waals surface area contributed by atoms with Crippen LogP contribution in [-0.4, -0.2) is 35.7 Å². The van der Waals surface area contributed by atoms with Gasteiger partial charge in [-0.1, -0.05) is 6.92 Å². The Balaban J connectivity index is 2.25. The van der Waals surface area contributed by atoms with E-state index in [0.717, 1.165) is 25.9 Å². The van der Waals surface area contributed by atoms with Gasteiger partial charge in [0.15, 0.2) is 0 Å². The molecule has 0 atom stereocenters. The first-order valence-electron chi connectivity index (χ1n) is 5.08. The molecule has 1 fully saturated rings. The quantitative estimate of drug-likeness (QED) is 0.451. The second kappa shape index (κ2) is 5.85. The van der Waals surface area contributed by atoms with E-state index in [1.165, 1.54) is 0 Å². The number of hydrogen-bond donors (Lipinski definition) is 3. The van der Waals surface area contributed by atoms with Gasteiger partial charge in [0.05, 0.1) is 5.75 Å². The van der Waals surface area contributed by atoms with Crippen molar-refractivity contribution >= 4 is 24.6 Å². The molecular formula is C9H17N3O2S. The van der Waals surface area contributed by atoms with Crippen molar-refractivity contribution in [3.05, 3.63) is 0 Å². The Morgan fingerprint density at radius 1 is 1.33 bits per heavy atom. The zero-order valence-corrected chi connectivity index (χ0v) is 9.72. The van der Waals surface area contributed by atoms with Gasteiger partial charge in [-0.25, -0.2) is 10.2 Å². The standard InChI is InChI=1S/C9H17N3O2S/c1-7-2-4-12(5-3-7)9(14)11-10-8(13)6-15/h7,15H,2-6H2,1H3,(H,10,13)(H,11,14). The van der Waals surface area contributed by atoms with Crippen molar-refractivity contribution in [2.45, 2.75) is 19.8 Å². The zero-order valence-electron chi connectivity index (χ0n) is 8.82. The van der Waals surface area contributed by atoms with Crippen LogP contribution in [0.15, 0.2) is 0 Å². The molecular weight excluding hydrogens is 214 g/mol. The van der Waals surface area contributed by atoms with E-state index >= 15 is 0 Å². The van der Waals surface area contributed by atoms with Crippen LogP contribution in [0.4, 0.5) is 4.79 Å². The van der Waals surface area contributed by atoms with Gasteiger partial charge in [0.1, 0.15) is 0 Å². The Morgan fingerprint density at radius 2 is 1.93 bits per heavy atom. The molecule has 1 aliphatic rings. The molecule has 0 aromatic heterocycles. The molecule has 0 unspecified atom stereocenters. The normalized spacial score (nSPS) is 17.3. The monoisotopic (exact) mass is 231 g/mol. The van der Waals surface area contributed by atoms with Crippen LogP contribution < -0.4 is 10.9 Å². The van der Waals surface area contributed by atoms with Crippen LogP contribution >= 0.6 is 12.6 Å². The van der Waals surface area contributed by atoms with Gasteiger partial charge in [0, 0.05) is 13.1 Å². The van der Waals surface area contributed by atoms with Gasteiger partial charge < -0.3 is 4.90 Å². The lowest BCUT2D eigenvalue weighted by atomic mass is 10.00. The first kappa shape index (κ1) is 12.2. The summed E-state index contributed by atoms with van der Waals surface area (Å²) in [6.45, 7) is 3.69. The maximum absolute atomic E-state index is 11.5. The number of likely N-dealkylation sites (tertiary alicyclic amines) is 1. The number of rotatable bonds is 1. The molecule has 0 aromatic rings. The van der Waals surface area contributed by atoms with Crippen LogP contribution in [0.2, 0.25) is 0 Å². The maximum atomic E-state index is 11.5. The minimum atomic E-state index is -0.308. The number of thiol groups is 1. The van der Waals surface area contributed by atoms with Crippen molar-refractivity contribution in [1.29, 1.82) is 0 Å². The second-order valence-corrected chi connectivity index (χ2v) is 4.12. The van der Waals surface area contributed by atoms with Gasteiger partial charge in [-0.2, -0.15) is 12.6 Å². The molecule has 0 aliphatic carbocycles. The fraction of sp³-hybridized carbons (Fsp3) is 0.778. The van der Waals surface area contributed by atoms with Crippen molar-refractivity contribution < 1.29 is 9.59 Å². The number of nitrogens with zero attached hydrogens (tertiary/aromatic N) is 1. The average Bonchev–Trinajstić information content (AvgIpc) is 2.26. The van der Waals surface area contributed by atoms with E-state index in [1.54, 1.807) is 4.90 Å². The number of hydrogen-bond acceptors (Lipinski definition) is 3. The van der Waals surface area contributed by atoms with Crippen LogP contribution in [0.1, 0.15) is 19.8 Å². The molecule has 0 radical (unpaired) electrons. The van der Waals surface area contributed by atoms with Gasteiger partial charge in [-0.3, -0.25) is 10.2 Å². The molecule has 2 N–H and O–H groups in total. The summed E-state index contributed by atoms with van der Waals surface area (Å²) in [7, 11) is 0. The summed E-state index contributed by atoms with van der Waals surface area (Å²) >= 11 is 3.78. The minimum Gasteiger partial charge on any atom is -0.323 e. The lowest BCUT2D eigenvalue weighted by molar-refractivity contribution is -0.119. The summed E-state index contributed by atoms with van der Waals surface area (Å²) < 4.78 is 0.